The van der Waals surface area contributed by atoms with E-state index in [1.54, 1.807) is 0 Å². The molecule has 1 rings (SSSR count). The molecular formula is C15H20ClNO3S. The van der Waals surface area contributed by atoms with Gasteiger partial charge in [0, 0.05) is 23.6 Å². The van der Waals surface area contributed by atoms with Gasteiger partial charge in [-0.05, 0) is 18.1 Å². The Bertz CT molecular complexity index is 494. The van der Waals surface area contributed by atoms with Crippen molar-refractivity contribution in [3.8, 4) is 0 Å². The predicted molar refractivity (Wildman–Crippen MR) is 85.8 cm³/mol. The fourth-order valence-corrected chi connectivity index (χ4v) is 2.92. The lowest BCUT2D eigenvalue weighted by atomic mass is 9.96. The molecule has 0 saturated heterocycles. The topological polar surface area (TPSA) is 66.4 Å². The van der Waals surface area contributed by atoms with Crippen molar-refractivity contribution in [3.63, 3.8) is 0 Å². The van der Waals surface area contributed by atoms with Crippen molar-refractivity contribution in [3.05, 3.63) is 29.3 Å². The quantitative estimate of drug-likeness (QED) is 0.718. The summed E-state index contributed by atoms with van der Waals surface area (Å²) in [4.78, 5) is 23.7. The molecule has 116 valence electrons. The van der Waals surface area contributed by atoms with Gasteiger partial charge < -0.3 is 10.4 Å². The summed E-state index contributed by atoms with van der Waals surface area (Å²) in [6.07, 6.45) is 0.334. The van der Waals surface area contributed by atoms with Crippen molar-refractivity contribution in [2.45, 2.75) is 25.2 Å². The molecule has 1 aromatic rings. The van der Waals surface area contributed by atoms with Gasteiger partial charge in [-0.2, -0.15) is 0 Å². The van der Waals surface area contributed by atoms with Crippen molar-refractivity contribution >= 4 is 35.2 Å². The standard InChI is InChI=1S/C15H20ClNO3S/c1-10(2)11(15(19)20)9-17-14(18)7-8-21-13-6-4-3-5-12(13)16/h3-6,10-11H,7-9H2,1-2H3,(H,17,18)(H,19,20). The Morgan fingerprint density at radius 3 is 2.57 bits per heavy atom. The average molecular weight is 330 g/mol. The highest BCUT2D eigenvalue weighted by Gasteiger charge is 2.21. The first-order valence-electron chi connectivity index (χ1n) is 6.78. The molecule has 0 saturated carbocycles. The highest BCUT2D eigenvalue weighted by Crippen LogP contribution is 2.26. The smallest absolute Gasteiger partial charge is 0.308 e. The van der Waals surface area contributed by atoms with Gasteiger partial charge in [0.1, 0.15) is 0 Å². The molecule has 0 spiro atoms. The molecule has 0 heterocycles. The second-order valence-corrected chi connectivity index (χ2v) is 6.57. The molecule has 0 fully saturated rings. The lowest BCUT2D eigenvalue weighted by Crippen LogP contribution is -2.35. The van der Waals surface area contributed by atoms with E-state index in [0.717, 1.165) is 4.90 Å². The summed E-state index contributed by atoms with van der Waals surface area (Å²) in [7, 11) is 0. The van der Waals surface area contributed by atoms with Crippen LogP contribution >= 0.6 is 23.4 Å². The van der Waals surface area contributed by atoms with Crippen LogP contribution in [0, 0.1) is 11.8 Å². The van der Waals surface area contributed by atoms with Gasteiger partial charge in [-0.3, -0.25) is 9.59 Å². The third-order valence-electron chi connectivity index (χ3n) is 3.06. The van der Waals surface area contributed by atoms with E-state index in [2.05, 4.69) is 5.32 Å². The first-order valence-corrected chi connectivity index (χ1v) is 8.15. The molecule has 1 aromatic carbocycles. The van der Waals surface area contributed by atoms with E-state index < -0.39 is 11.9 Å². The Morgan fingerprint density at radius 1 is 1.33 bits per heavy atom. The van der Waals surface area contributed by atoms with E-state index in [1.165, 1.54) is 11.8 Å². The maximum Gasteiger partial charge on any atom is 0.308 e. The number of aliphatic carboxylic acids is 1. The van der Waals surface area contributed by atoms with Crippen LogP contribution in [0.4, 0.5) is 0 Å². The van der Waals surface area contributed by atoms with E-state index in [1.807, 2.05) is 38.1 Å². The van der Waals surface area contributed by atoms with E-state index in [-0.39, 0.29) is 18.4 Å². The molecule has 1 amide bonds. The van der Waals surface area contributed by atoms with Gasteiger partial charge in [0.25, 0.3) is 0 Å². The lowest BCUT2D eigenvalue weighted by Gasteiger charge is -2.16. The second-order valence-electron chi connectivity index (χ2n) is 5.02. The molecule has 1 unspecified atom stereocenters. The zero-order valence-corrected chi connectivity index (χ0v) is 13.7. The normalized spacial score (nSPS) is 12.2. The SMILES string of the molecule is CC(C)C(CNC(=O)CCSc1ccccc1Cl)C(=O)O. The minimum Gasteiger partial charge on any atom is -0.481 e. The number of hydrogen-bond donors (Lipinski definition) is 2. The van der Waals surface area contributed by atoms with Crippen molar-refractivity contribution in [2.75, 3.05) is 12.3 Å². The highest BCUT2D eigenvalue weighted by atomic mass is 35.5. The predicted octanol–water partition coefficient (Wildman–Crippen LogP) is 3.30. The molecule has 0 radical (unpaired) electrons. The minimum absolute atomic E-state index is 0.0136. The molecule has 0 aliphatic heterocycles. The molecule has 4 nitrogen and oxygen atoms in total. The van der Waals surface area contributed by atoms with Gasteiger partial charge in [0.15, 0.2) is 0 Å². The molecule has 0 bridgehead atoms. The van der Waals surface area contributed by atoms with Gasteiger partial charge in [-0.25, -0.2) is 0 Å². The Kier molecular flexibility index (Phi) is 7.61. The van der Waals surface area contributed by atoms with E-state index in [9.17, 15) is 9.59 Å². The second kappa shape index (κ2) is 8.95. The van der Waals surface area contributed by atoms with Gasteiger partial charge in [-0.15, -0.1) is 11.8 Å². The summed E-state index contributed by atoms with van der Waals surface area (Å²) in [5.74, 6) is -0.975. The molecule has 21 heavy (non-hydrogen) atoms. The van der Waals surface area contributed by atoms with Crippen LogP contribution in [-0.4, -0.2) is 29.3 Å². The largest absolute Gasteiger partial charge is 0.481 e. The van der Waals surface area contributed by atoms with Crippen LogP contribution in [0.3, 0.4) is 0 Å². The van der Waals surface area contributed by atoms with Crippen LogP contribution in [0.25, 0.3) is 0 Å². The number of carbonyl (C=O) groups is 2. The number of benzene rings is 1. The van der Waals surface area contributed by atoms with Crippen LogP contribution in [0.1, 0.15) is 20.3 Å². The number of hydrogen-bond acceptors (Lipinski definition) is 3. The minimum atomic E-state index is -0.879. The van der Waals surface area contributed by atoms with Gasteiger partial charge in [0.05, 0.1) is 10.9 Å². The lowest BCUT2D eigenvalue weighted by molar-refractivity contribution is -0.143. The first-order chi connectivity index (χ1) is 9.91. The van der Waals surface area contributed by atoms with Gasteiger partial charge in [0.2, 0.25) is 5.91 Å². The fraction of sp³-hybridized carbons (Fsp3) is 0.467. The Hall–Kier alpha value is -1.20. The average Bonchev–Trinajstić information content (AvgIpc) is 2.40. The first kappa shape index (κ1) is 17.9. The van der Waals surface area contributed by atoms with E-state index in [4.69, 9.17) is 16.7 Å². The highest BCUT2D eigenvalue weighted by molar-refractivity contribution is 7.99. The number of carboxylic acid groups (broad SMARTS) is 1. The van der Waals surface area contributed by atoms with Crippen molar-refractivity contribution in [1.29, 1.82) is 0 Å². The summed E-state index contributed by atoms with van der Waals surface area (Å²) in [5.41, 5.74) is 0. The van der Waals surface area contributed by atoms with Crippen LogP contribution < -0.4 is 5.32 Å². The van der Waals surface area contributed by atoms with Gasteiger partial charge >= 0.3 is 5.97 Å². The van der Waals surface area contributed by atoms with Crippen molar-refractivity contribution in [2.24, 2.45) is 11.8 Å². The summed E-state index contributed by atoms with van der Waals surface area (Å²) in [6.45, 7) is 3.83. The zero-order valence-electron chi connectivity index (χ0n) is 12.1. The molecule has 0 aromatic heterocycles. The van der Waals surface area contributed by atoms with Crippen molar-refractivity contribution < 1.29 is 14.7 Å². The van der Waals surface area contributed by atoms with Gasteiger partial charge in [-0.1, -0.05) is 37.6 Å². The third kappa shape index (κ3) is 6.40. The molecule has 0 aliphatic carbocycles. The third-order valence-corrected chi connectivity index (χ3v) is 4.58. The number of carbonyl (C=O) groups excluding carboxylic acids is 1. The number of thioether (sulfide) groups is 1. The van der Waals surface area contributed by atoms with E-state index in [0.29, 0.717) is 17.2 Å². The monoisotopic (exact) mass is 329 g/mol. The molecule has 6 heteroatoms. The number of carboxylic acids is 1. The van der Waals surface area contributed by atoms with Crippen LogP contribution in [0.15, 0.2) is 29.2 Å². The molecular weight excluding hydrogens is 310 g/mol. The summed E-state index contributed by atoms with van der Waals surface area (Å²) in [5, 5.41) is 12.4. The Labute approximate surface area is 134 Å². The maximum absolute atomic E-state index is 11.7. The Morgan fingerprint density at radius 2 is 2.00 bits per heavy atom. The number of halogens is 1. The van der Waals surface area contributed by atoms with E-state index >= 15 is 0 Å². The molecule has 0 aliphatic rings. The van der Waals surface area contributed by atoms with Crippen molar-refractivity contribution in [1.82, 2.24) is 5.32 Å². The number of amides is 1. The summed E-state index contributed by atoms with van der Waals surface area (Å²) in [6, 6.07) is 7.47. The molecule has 1 atom stereocenters. The summed E-state index contributed by atoms with van der Waals surface area (Å²) >= 11 is 7.54. The van der Waals surface area contributed by atoms with Crippen LogP contribution in [-0.2, 0) is 9.59 Å². The Balaban J connectivity index is 2.31. The number of rotatable bonds is 8. The number of nitrogens with one attached hydrogen (secondary N) is 1. The summed E-state index contributed by atoms with van der Waals surface area (Å²) < 4.78 is 0. The van der Waals surface area contributed by atoms with Crippen LogP contribution in [0.5, 0.6) is 0 Å². The zero-order chi connectivity index (χ0) is 15.8. The van der Waals surface area contributed by atoms with Crippen LogP contribution in [0.2, 0.25) is 5.02 Å². The molecule has 2 N–H and O–H groups in total. The maximum atomic E-state index is 11.7. The fourth-order valence-electron chi connectivity index (χ4n) is 1.74.